The van der Waals surface area contributed by atoms with E-state index in [4.69, 9.17) is 0 Å². The summed E-state index contributed by atoms with van der Waals surface area (Å²) >= 11 is 0. The summed E-state index contributed by atoms with van der Waals surface area (Å²) in [5, 5.41) is 3.83. The van der Waals surface area contributed by atoms with Crippen molar-refractivity contribution in [1.82, 2.24) is 0 Å². The van der Waals surface area contributed by atoms with Gasteiger partial charge in [-0.25, -0.2) is 0 Å². The van der Waals surface area contributed by atoms with E-state index in [-0.39, 0.29) is 7.92 Å². The minimum Gasteiger partial charge on any atom is -0.0622 e. The molecular formula is C14H17PSi. The van der Waals surface area contributed by atoms with Gasteiger partial charge in [-0.1, -0.05) is 67.6 Å². The largest absolute Gasteiger partial charge is 0.0622 e. The second-order valence-electron chi connectivity index (χ2n) is 4.13. The summed E-state index contributed by atoms with van der Waals surface area (Å²) in [6.07, 6.45) is 0. The van der Waals surface area contributed by atoms with Crippen molar-refractivity contribution in [2.75, 3.05) is 0 Å². The van der Waals surface area contributed by atoms with E-state index in [1.807, 2.05) is 0 Å². The summed E-state index contributed by atoms with van der Waals surface area (Å²) in [5.41, 5.74) is 0. The first-order chi connectivity index (χ1) is 7.79. The molecule has 0 saturated heterocycles. The van der Waals surface area contributed by atoms with E-state index in [9.17, 15) is 0 Å². The van der Waals surface area contributed by atoms with Crippen LogP contribution in [0.2, 0.25) is 0 Å². The molecule has 0 spiro atoms. The van der Waals surface area contributed by atoms with Crippen molar-refractivity contribution in [3.63, 3.8) is 0 Å². The zero-order valence-electron chi connectivity index (χ0n) is 9.80. The van der Waals surface area contributed by atoms with E-state index in [0.29, 0.717) is 0 Å². The summed E-state index contributed by atoms with van der Waals surface area (Å²) in [6, 6.07) is 21.9. The van der Waals surface area contributed by atoms with Crippen molar-refractivity contribution < 1.29 is 0 Å². The van der Waals surface area contributed by atoms with Crippen LogP contribution in [-0.2, 0) is 0 Å². The molecule has 0 aliphatic carbocycles. The van der Waals surface area contributed by atoms with Crippen molar-refractivity contribution in [2.45, 2.75) is 12.2 Å². The number of hydrogen-bond donors (Lipinski definition) is 0. The van der Waals surface area contributed by atoms with Gasteiger partial charge in [-0.15, -0.1) is 0 Å². The molecule has 1 atom stereocenters. The molecule has 0 amide bonds. The smallest absolute Gasteiger partial charge is 0.0126 e. The minimum absolute atomic E-state index is 0.148. The molecule has 2 rings (SSSR count). The van der Waals surface area contributed by atoms with Crippen LogP contribution in [-0.4, -0.2) is 15.5 Å². The van der Waals surface area contributed by atoms with E-state index < -0.39 is 0 Å². The Morgan fingerprint density at radius 1 is 0.812 bits per heavy atom. The summed E-state index contributed by atoms with van der Waals surface area (Å²) in [7, 11) is 1.10. The molecular weight excluding hydrogens is 227 g/mol. The van der Waals surface area contributed by atoms with Gasteiger partial charge < -0.3 is 0 Å². The molecule has 0 fully saturated rings. The first kappa shape index (κ1) is 11.6. The third-order valence-corrected chi connectivity index (χ3v) is 6.88. The van der Waals surface area contributed by atoms with Gasteiger partial charge in [-0.05, 0) is 23.8 Å². The van der Waals surface area contributed by atoms with Crippen LogP contribution in [0.5, 0.6) is 0 Å². The zero-order chi connectivity index (χ0) is 11.4. The molecule has 0 N–H and O–H groups in total. The Kier molecular flexibility index (Phi) is 3.92. The molecule has 82 valence electrons. The van der Waals surface area contributed by atoms with Crippen LogP contribution < -0.4 is 10.6 Å². The highest BCUT2D eigenvalue weighted by Gasteiger charge is 2.16. The van der Waals surface area contributed by atoms with Crippen LogP contribution >= 0.6 is 7.92 Å². The van der Waals surface area contributed by atoms with Gasteiger partial charge in [0, 0.05) is 10.2 Å². The lowest BCUT2D eigenvalue weighted by Gasteiger charge is -2.22. The summed E-state index contributed by atoms with van der Waals surface area (Å²) in [4.78, 5) is 0. The third kappa shape index (κ3) is 2.61. The standard InChI is InChI=1S/C14H17PSi/c1-12(16)15(13-8-4-2-5-9-13)14-10-6-3-7-11-14/h2-12H,1,16H3. The molecule has 1 unspecified atom stereocenters. The minimum atomic E-state index is -0.148. The Bertz CT molecular complexity index is 386. The first-order valence-corrected chi connectivity index (χ1v) is 8.25. The Balaban J connectivity index is 2.40. The van der Waals surface area contributed by atoms with Crippen LogP contribution in [0.25, 0.3) is 0 Å². The van der Waals surface area contributed by atoms with E-state index in [1.165, 1.54) is 20.9 Å². The molecule has 16 heavy (non-hydrogen) atoms. The van der Waals surface area contributed by atoms with Gasteiger partial charge in [-0.2, -0.15) is 0 Å². The van der Waals surface area contributed by atoms with Crippen molar-refractivity contribution in [3.05, 3.63) is 60.7 Å². The predicted octanol–water partition coefficient (Wildman–Crippen LogP) is 1.83. The number of benzene rings is 2. The molecule has 0 bridgehead atoms. The molecule has 0 nitrogen and oxygen atoms in total. The molecule has 0 saturated carbocycles. The van der Waals surface area contributed by atoms with Crippen LogP contribution in [0.15, 0.2) is 60.7 Å². The van der Waals surface area contributed by atoms with Gasteiger partial charge in [0.1, 0.15) is 0 Å². The highest BCUT2D eigenvalue weighted by molar-refractivity contribution is 7.74. The Morgan fingerprint density at radius 3 is 1.50 bits per heavy atom. The average molecular weight is 244 g/mol. The van der Waals surface area contributed by atoms with Gasteiger partial charge in [0.15, 0.2) is 0 Å². The van der Waals surface area contributed by atoms with Crippen LogP contribution in [0, 0.1) is 0 Å². The number of hydrogen-bond acceptors (Lipinski definition) is 0. The highest BCUT2D eigenvalue weighted by atomic mass is 31.1. The molecule has 2 aromatic carbocycles. The molecule has 2 heteroatoms. The predicted molar refractivity (Wildman–Crippen MR) is 78.5 cm³/mol. The Hall–Kier alpha value is -0.913. The fourth-order valence-corrected chi connectivity index (χ4v) is 6.19. The molecule has 0 heterocycles. The van der Waals surface area contributed by atoms with Gasteiger partial charge in [-0.3, -0.25) is 0 Å². The normalized spacial score (nSPS) is 12.9. The lowest BCUT2D eigenvalue weighted by Crippen LogP contribution is -2.19. The Labute approximate surface area is 102 Å². The van der Waals surface area contributed by atoms with E-state index >= 15 is 0 Å². The van der Waals surface area contributed by atoms with Crippen molar-refractivity contribution in [1.29, 1.82) is 0 Å². The summed E-state index contributed by atoms with van der Waals surface area (Å²) in [6.45, 7) is 2.37. The maximum absolute atomic E-state index is 2.37. The topological polar surface area (TPSA) is 0 Å². The number of rotatable bonds is 3. The van der Waals surface area contributed by atoms with Gasteiger partial charge in [0.2, 0.25) is 0 Å². The second-order valence-corrected chi connectivity index (χ2v) is 9.64. The quantitative estimate of drug-likeness (QED) is 0.571. The maximum atomic E-state index is 2.37. The average Bonchev–Trinajstić information content (AvgIpc) is 2.31. The molecule has 0 aromatic heterocycles. The fraction of sp³-hybridized carbons (Fsp3) is 0.143. The van der Waals surface area contributed by atoms with Crippen LogP contribution in [0.4, 0.5) is 0 Å². The SMILES string of the molecule is CC([SiH3])P(c1ccccc1)c1ccccc1. The van der Waals surface area contributed by atoms with E-state index in [0.717, 1.165) is 5.28 Å². The maximum Gasteiger partial charge on any atom is 0.0126 e. The van der Waals surface area contributed by atoms with E-state index in [2.05, 4.69) is 67.6 Å². The first-order valence-electron chi connectivity index (χ1n) is 5.68. The van der Waals surface area contributed by atoms with Gasteiger partial charge in [0.05, 0.1) is 0 Å². The molecule has 2 aromatic rings. The second kappa shape index (κ2) is 5.43. The van der Waals surface area contributed by atoms with Crippen LogP contribution in [0.1, 0.15) is 6.92 Å². The monoisotopic (exact) mass is 244 g/mol. The fourth-order valence-electron chi connectivity index (χ4n) is 1.92. The van der Waals surface area contributed by atoms with Crippen molar-refractivity contribution in [2.24, 2.45) is 0 Å². The van der Waals surface area contributed by atoms with Crippen molar-refractivity contribution in [3.8, 4) is 0 Å². The highest BCUT2D eigenvalue weighted by Crippen LogP contribution is 2.37. The molecule has 0 aliphatic heterocycles. The zero-order valence-corrected chi connectivity index (χ0v) is 12.7. The summed E-state index contributed by atoms with van der Waals surface area (Å²) in [5.74, 6) is 0. The van der Waals surface area contributed by atoms with E-state index in [1.54, 1.807) is 0 Å². The molecule has 0 radical (unpaired) electrons. The third-order valence-electron chi connectivity index (χ3n) is 2.59. The molecule has 0 aliphatic rings. The van der Waals surface area contributed by atoms with Gasteiger partial charge in [0.25, 0.3) is 0 Å². The van der Waals surface area contributed by atoms with Gasteiger partial charge >= 0.3 is 0 Å². The van der Waals surface area contributed by atoms with Crippen LogP contribution in [0.3, 0.4) is 0 Å². The lowest BCUT2D eigenvalue weighted by molar-refractivity contribution is 1.38. The summed E-state index contributed by atoms with van der Waals surface area (Å²) < 4.78 is 0. The van der Waals surface area contributed by atoms with Crippen molar-refractivity contribution >= 4 is 28.8 Å². The lowest BCUT2D eigenvalue weighted by atomic mass is 10.4. The Morgan fingerprint density at radius 2 is 1.19 bits per heavy atom.